The van der Waals surface area contributed by atoms with E-state index in [1.165, 1.54) is 0 Å². The molecule has 28 heavy (non-hydrogen) atoms. The fourth-order valence-corrected chi connectivity index (χ4v) is 3.20. The van der Waals surface area contributed by atoms with E-state index >= 15 is 0 Å². The number of amides is 1. The summed E-state index contributed by atoms with van der Waals surface area (Å²) in [6.45, 7) is 3.88. The van der Waals surface area contributed by atoms with Crippen LogP contribution < -0.4 is 14.8 Å². The lowest BCUT2D eigenvalue weighted by Gasteiger charge is -2.19. The second kappa shape index (κ2) is 8.17. The number of methoxy groups -OCH3 is 2. The lowest BCUT2D eigenvalue weighted by Crippen LogP contribution is -2.27. The Labute approximate surface area is 165 Å². The third-order valence-corrected chi connectivity index (χ3v) is 4.75. The quantitative estimate of drug-likeness (QED) is 0.705. The first-order valence-electron chi connectivity index (χ1n) is 9.06. The molecule has 0 fully saturated rings. The van der Waals surface area contributed by atoms with Crippen LogP contribution in [-0.2, 0) is 7.05 Å². The van der Waals surface area contributed by atoms with Crippen LogP contribution in [0.1, 0.15) is 34.5 Å². The Balaban J connectivity index is 1.97. The number of carbonyl (C=O) groups excluding carboxylic acids is 1. The Morgan fingerprint density at radius 2 is 1.93 bits per heavy atom. The van der Waals surface area contributed by atoms with Crippen molar-refractivity contribution in [2.24, 2.45) is 7.05 Å². The summed E-state index contributed by atoms with van der Waals surface area (Å²) in [5, 5.41) is 7.32. The standard InChI is InChI=1S/C22H25N3O3/c1-14-8-6-7-9-18(14)22(26)24-15(2)16-10-19(17-12-23-25(3)13-17)21(28-5)20(11-16)27-4/h6-13,15H,1-5H3,(H,24,26)/t15-/m1/s1. The van der Waals surface area contributed by atoms with Gasteiger partial charge < -0.3 is 14.8 Å². The summed E-state index contributed by atoms with van der Waals surface area (Å²) in [5.41, 5.74) is 4.30. The zero-order chi connectivity index (χ0) is 20.3. The van der Waals surface area contributed by atoms with Gasteiger partial charge in [0.2, 0.25) is 0 Å². The van der Waals surface area contributed by atoms with Gasteiger partial charge in [0.15, 0.2) is 11.5 Å². The lowest BCUT2D eigenvalue weighted by atomic mass is 9.99. The van der Waals surface area contributed by atoms with Crippen molar-refractivity contribution >= 4 is 5.91 Å². The summed E-state index contributed by atoms with van der Waals surface area (Å²) in [5.74, 6) is 1.14. The highest BCUT2D eigenvalue weighted by molar-refractivity contribution is 5.95. The highest BCUT2D eigenvalue weighted by Crippen LogP contribution is 2.40. The predicted octanol–water partition coefficient (Wildman–Crippen LogP) is 3.90. The van der Waals surface area contributed by atoms with Gasteiger partial charge in [0.25, 0.3) is 5.91 Å². The van der Waals surface area contributed by atoms with E-state index in [-0.39, 0.29) is 11.9 Å². The first-order chi connectivity index (χ1) is 13.4. The molecule has 6 nitrogen and oxygen atoms in total. The molecule has 0 bridgehead atoms. The van der Waals surface area contributed by atoms with Gasteiger partial charge >= 0.3 is 0 Å². The van der Waals surface area contributed by atoms with E-state index in [1.807, 2.05) is 63.5 Å². The van der Waals surface area contributed by atoms with Gasteiger partial charge in [-0.3, -0.25) is 9.48 Å². The molecule has 0 unspecified atom stereocenters. The summed E-state index contributed by atoms with van der Waals surface area (Å²) in [4.78, 5) is 12.7. The Hall–Kier alpha value is -3.28. The average molecular weight is 379 g/mol. The van der Waals surface area contributed by atoms with Crippen molar-refractivity contribution in [3.63, 3.8) is 0 Å². The summed E-state index contributed by atoms with van der Waals surface area (Å²) >= 11 is 0. The largest absolute Gasteiger partial charge is 0.493 e. The van der Waals surface area contributed by atoms with E-state index in [0.29, 0.717) is 17.1 Å². The molecule has 0 saturated heterocycles. The van der Waals surface area contributed by atoms with Gasteiger partial charge in [-0.1, -0.05) is 18.2 Å². The van der Waals surface area contributed by atoms with Crippen molar-refractivity contribution in [2.45, 2.75) is 19.9 Å². The molecule has 1 heterocycles. The van der Waals surface area contributed by atoms with E-state index in [2.05, 4.69) is 10.4 Å². The SMILES string of the molecule is COc1cc([C@@H](C)NC(=O)c2ccccc2C)cc(-c2cnn(C)c2)c1OC. The van der Waals surface area contributed by atoms with Crippen molar-refractivity contribution in [1.29, 1.82) is 0 Å². The fraction of sp³-hybridized carbons (Fsp3) is 0.273. The molecule has 0 aliphatic rings. The molecule has 1 amide bonds. The van der Waals surface area contributed by atoms with Crippen LogP contribution in [0.2, 0.25) is 0 Å². The maximum Gasteiger partial charge on any atom is 0.252 e. The third kappa shape index (κ3) is 3.86. The number of hydrogen-bond donors (Lipinski definition) is 1. The highest BCUT2D eigenvalue weighted by atomic mass is 16.5. The molecule has 0 aliphatic heterocycles. The Morgan fingerprint density at radius 3 is 2.54 bits per heavy atom. The molecule has 1 atom stereocenters. The topological polar surface area (TPSA) is 65.4 Å². The second-order valence-electron chi connectivity index (χ2n) is 6.72. The first-order valence-corrected chi connectivity index (χ1v) is 9.06. The van der Waals surface area contributed by atoms with Gasteiger partial charge in [0, 0.05) is 29.9 Å². The monoisotopic (exact) mass is 379 g/mol. The fourth-order valence-electron chi connectivity index (χ4n) is 3.20. The lowest BCUT2D eigenvalue weighted by molar-refractivity contribution is 0.0939. The molecule has 1 N–H and O–H groups in total. The van der Waals surface area contributed by atoms with E-state index in [1.54, 1.807) is 25.1 Å². The number of ether oxygens (including phenoxy) is 2. The smallest absolute Gasteiger partial charge is 0.252 e. The van der Waals surface area contributed by atoms with Gasteiger partial charge in [0.05, 0.1) is 26.5 Å². The molecular formula is C22H25N3O3. The molecule has 146 valence electrons. The number of carbonyl (C=O) groups is 1. The molecule has 0 saturated carbocycles. The number of aryl methyl sites for hydroxylation is 2. The summed E-state index contributed by atoms with van der Waals surface area (Å²) in [6.07, 6.45) is 3.69. The molecule has 0 spiro atoms. The molecule has 3 aromatic rings. The number of aromatic nitrogens is 2. The number of nitrogens with zero attached hydrogens (tertiary/aromatic N) is 2. The second-order valence-corrected chi connectivity index (χ2v) is 6.72. The normalized spacial score (nSPS) is 11.8. The molecule has 1 aromatic heterocycles. The van der Waals surface area contributed by atoms with Crippen molar-refractivity contribution < 1.29 is 14.3 Å². The van der Waals surface area contributed by atoms with E-state index in [9.17, 15) is 4.79 Å². The number of benzene rings is 2. The van der Waals surface area contributed by atoms with Crippen LogP contribution in [0.25, 0.3) is 11.1 Å². The molecule has 6 heteroatoms. The molecule has 2 aromatic carbocycles. The van der Waals surface area contributed by atoms with Crippen molar-refractivity contribution in [3.8, 4) is 22.6 Å². The number of rotatable bonds is 6. The van der Waals surface area contributed by atoms with Gasteiger partial charge in [-0.25, -0.2) is 0 Å². The van der Waals surface area contributed by atoms with Gasteiger partial charge in [-0.05, 0) is 43.2 Å². The van der Waals surface area contributed by atoms with Gasteiger partial charge in [-0.2, -0.15) is 5.10 Å². The zero-order valence-corrected chi connectivity index (χ0v) is 16.8. The number of nitrogens with one attached hydrogen (secondary N) is 1. The molecule has 0 aliphatic carbocycles. The van der Waals surface area contributed by atoms with Crippen molar-refractivity contribution in [3.05, 3.63) is 65.5 Å². The van der Waals surface area contributed by atoms with Crippen molar-refractivity contribution in [1.82, 2.24) is 15.1 Å². The summed E-state index contributed by atoms with van der Waals surface area (Å²) < 4.78 is 12.9. The minimum Gasteiger partial charge on any atom is -0.493 e. The predicted molar refractivity (Wildman–Crippen MR) is 109 cm³/mol. The first kappa shape index (κ1) is 19.5. The van der Waals surface area contributed by atoms with Gasteiger partial charge in [0.1, 0.15) is 0 Å². The van der Waals surface area contributed by atoms with E-state index in [4.69, 9.17) is 9.47 Å². The molecular weight excluding hydrogens is 354 g/mol. The van der Waals surface area contributed by atoms with E-state index < -0.39 is 0 Å². The van der Waals surface area contributed by atoms with Gasteiger partial charge in [-0.15, -0.1) is 0 Å². The van der Waals surface area contributed by atoms with Crippen LogP contribution >= 0.6 is 0 Å². The minimum atomic E-state index is -0.220. The maximum absolute atomic E-state index is 12.7. The Morgan fingerprint density at radius 1 is 1.18 bits per heavy atom. The van der Waals surface area contributed by atoms with Crippen LogP contribution in [0, 0.1) is 6.92 Å². The van der Waals surface area contributed by atoms with Crippen LogP contribution in [0.4, 0.5) is 0 Å². The van der Waals surface area contributed by atoms with Crippen LogP contribution in [0.3, 0.4) is 0 Å². The third-order valence-electron chi connectivity index (χ3n) is 4.75. The van der Waals surface area contributed by atoms with E-state index in [0.717, 1.165) is 22.3 Å². The average Bonchev–Trinajstić information content (AvgIpc) is 3.13. The summed E-state index contributed by atoms with van der Waals surface area (Å²) in [6, 6.07) is 11.2. The Kier molecular flexibility index (Phi) is 5.68. The molecule has 3 rings (SSSR count). The highest BCUT2D eigenvalue weighted by Gasteiger charge is 2.19. The van der Waals surface area contributed by atoms with Crippen LogP contribution in [0.5, 0.6) is 11.5 Å². The van der Waals surface area contributed by atoms with Crippen molar-refractivity contribution in [2.75, 3.05) is 14.2 Å². The Bertz CT molecular complexity index is 994. The minimum absolute atomic E-state index is 0.108. The summed E-state index contributed by atoms with van der Waals surface area (Å²) in [7, 11) is 5.08. The zero-order valence-electron chi connectivity index (χ0n) is 16.8. The van der Waals surface area contributed by atoms with Crippen LogP contribution in [-0.4, -0.2) is 29.9 Å². The molecule has 0 radical (unpaired) electrons. The maximum atomic E-state index is 12.7. The number of hydrogen-bond acceptors (Lipinski definition) is 4. The van der Waals surface area contributed by atoms with Crippen LogP contribution in [0.15, 0.2) is 48.8 Å².